The van der Waals surface area contributed by atoms with Crippen molar-refractivity contribution in [1.82, 2.24) is 19.9 Å². The molecule has 0 unspecified atom stereocenters. The highest BCUT2D eigenvalue weighted by Crippen LogP contribution is 2.36. The second-order valence-corrected chi connectivity index (χ2v) is 11.1. The Morgan fingerprint density at radius 3 is 1.59 bits per heavy atom. The molecule has 2 heterocycles. The van der Waals surface area contributed by atoms with Crippen molar-refractivity contribution in [3.63, 3.8) is 0 Å². The lowest BCUT2D eigenvalue weighted by molar-refractivity contribution is 1.07. The summed E-state index contributed by atoms with van der Waals surface area (Å²) in [4.78, 5) is 19.2. The molecule has 0 saturated heterocycles. The van der Waals surface area contributed by atoms with Crippen LogP contribution in [0.3, 0.4) is 0 Å². The Morgan fingerprint density at radius 1 is 0.435 bits per heavy atom. The van der Waals surface area contributed by atoms with Crippen LogP contribution in [0.15, 0.2) is 152 Å². The molecule has 2 aromatic heterocycles. The van der Waals surface area contributed by atoms with Crippen LogP contribution in [0, 0.1) is 11.3 Å². The number of nitrogens with zero attached hydrogens (tertiary/aromatic N) is 5. The summed E-state index contributed by atoms with van der Waals surface area (Å²) in [5.74, 6) is 1.85. The largest absolute Gasteiger partial charge is 0.256 e. The smallest absolute Gasteiger partial charge is 0.164 e. The molecule has 8 rings (SSSR count). The fraction of sp³-hybridized carbons (Fsp3) is 0. The first-order valence-electron chi connectivity index (χ1n) is 15.0. The van der Waals surface area contributed by atoms with E-state index in [2.05, 4.69) is 77.8 Å². The van der Waals surface area contributed by atoms with E-state index in [1.807, 2.05) is 78.9 Å². The predicted molar refractivity (Wildman–Crippen MR) is 185 cm³/mol. The monoisotopic (exact) mass is 587 g/mol. The minimum Gasteiger partial charge on any atom is -0.256 e. The second kappa shape index (κ2) is 11.5. The van der Waals surface area contributed by atoms with Gasteiger partial charge in [-0.2, -0.15) is 5.26 Å². The number of fused-ring (bicyclic) bond motifs is 2. The third kappa shape index (κ3) is 5.04. The molecule has 0 aliphatic rings. The van der Waals surface area contributed by atoms with Crippen LogP contribution < -0.4 is 0 Å². The molecule has 5 nitrogen and oxygen atoms in total. The van der Waals surface area contributed by atoms with Crippen molar-refractivity contribution in [2.75, 3.05) is 0 Å². The first-order chi connectivity index (χ1) is 22.7. The number of rotatable bonds is 5. The van der Waals surface area contributed by atoms with E-state index in [0.29, 0.717) is 23.0 Å². The highest BCUT2D eigenvalue weighted by molar-refractivity contribution is 6.05. The molecule has 0 bridgehead atoms. The van der Waals surface area contributed by atoms with Crippen molar-refractivity contribution in [2.45, 2.75) is 0 Å². The van der Waals surface area contributed by atoms with Gasteiger partial charge in [-0.3, -0.25) is 4.98 Å². The molecular formula is C41H25N5. The molecule has 8 aromatic rings. The van der Waals surface area contributed by atoms with Crippen LogP contribution in [-0.4, -0.2) is 19.9 Å². The zero-order chi connectivity index (χ0) is 30.9. The van der Waals surface area contributed by atoms with E-state index >= 15 is 0 Å². The Labute approximate surface area is 266 Å². The van der Waals surface area contributed by atoms with Crippen molar-refractivity contribution in [1.29, 1.82) is 5.26 Å². The van der Waals surface area contributed by atoms with E-state index in [4.69, 9.17) is 15.0 Å². The second-order valence-electron chi connectivity index (χ2n) is 11.1. The molecule has 0 saturated carbocycles. The maximum atomic E-state index is 9.23. The molecule has 0 spiro atoms. The van der Waals surface area contributed by atoms with Gasteiger partial charge in [0.05, 0.1) is 17.1 Å². The first-order valence-corrected chi connectivity index (χ1v) is 15.0. The number of nitriles is 1. The Hall–Kier alpha value is -6.51. The van der Waals surface area contributed by atoms with Crippen molar-refractivity contribution in [2.24, 2.45) is 0 Å². The van der Waals surface area contributed by atoms with Crippen LogP contribution in [0.25, 0.3) is 78.1 Å². The fourth-order valence-corrected chi connectivity index (χ4v) is 5.89. The summed E-state index contributed by atoms with van der Waals surface area (Å²) in [6, 6.07) is 51.2. The lowest BCUT2D eigenvalue weighted by atomic mass is 9.91. The highest BCUT2D eigenvalue weighted by atomic mass is 15.0. The maximum absolute atomic E-state index is 9.23. The minimum absolute atomic E-state index is 0.614. The topological polar surface area (TPSA) is 75.3 Å². The van der Waals surface area contributed by atoms with Crippen molar-refractivity contribution in [3.8, 4) is 62.5 Å². The summed E-state index contributed by atoms with van der Waals surface area (Å²) in [6.45, 7) is 0. The van der Waals surface area contributed by atoms with Gasteiger partial charge in [-0.25, -0.2) is 15.0 Å². The molecule has 6 aromatic carbocycles. The molecule has 0 amide bonds. The lowest BCUT2D eigenvalue weighted by Gasteiger charge is -2.13. The van der Waals surface area contributed by atoms with E-state index < -0.39 is 0 Å². The van der Waals surface area contributed by atoms with Gasteiger partial charge in [-0.15, -0.1) is 0 Å². The van der Waals surface area contributed by atoms with Gasteiger partial charge >= 0.3 is 0 Å². The van der Waals surface area contributed by atoms with Gasteiger partial charge in [0.1, 0.15) is 0 Å². The van der Waals surface area contributed by atoms with E-state index in [1.165, 1.54) is 0 Å². The van der Waals surface area contributed by atoms with E-state index in [9.17, 15) is 5.26 Å². The maximum Gasteiger partial charge on any atom is 0.164 e. The zero-order valence-electron chi connectivity index (χ0n) is 24.7. The van der Waals surface area contributed by atoms with Gasteiger partial charge < -0.3 is 0 Å². The summed E-state index contributed by atoms with van der Waals surface area (Å²) < 4.78 is 0. The Bertz CT molecular complexity index is 2410. The summed E-state index contributed by atoms with van der Waals surface area (Å²) in [5.41, 5.74) is 8.79. The lowest BCUT2D eigenvalue weighted by Crippen LogP contribution is -2.00. The third-order valence-electron chi connectivity index (χ3n) is 8.23. The van der Waals surface area contributed by atoms with Crippen LogP contribution in [-0.2, 0) is 0 Å². The summed E-state index contributed by atoms with van der Waals surface area (Å²) in [7, 11) is 0. The molecule has 214 valence electrons. The molecule has 0 N–H and O–H groups in total. The number of pyridine rings is 1. The normalized spacial score (nSPS) is 11.0. The third-order valence-corrected chi connectivity index (χ3v) is 8.23. The van der Waals surface area contributed by atoms with Crippen LogP contribution in [0.4, 0.5) is 0 Å². The van der Waals surface area contributed by atoms with Gasteiger partial charge in [0.15, 0.2) is 17.5 Å². The van der Waals surface area contributed by atoms with Crippen LogP contribution >= 0.6 is 0 Å². The first kappa shape index (κ1) is 27.1. The quantitative estimate of drug-likeness (QED) is 0.200. The molecule has 0 aliphatic carbocycles. The summed E-state index contributed by atoms with van der Waals surface area (Å²) >= 11 is 0. The Kier molecular flexibility index (Phi) is 6.79. The summed E-state index contributed by atoms with van der Waals surface area (Å²) in [6.07, 6.45) is 1.80. The molecule has 46 heavy (non-hydrogen) atoms. The number of hydrogen-bond acceptors (Lipinski definition) is 5. The van der Waals surface area contributed by atoms with Crippen LogP contribution in [0.1, 0.15) is 5.56 Å². The van der Waals surface area contributed by atoms with E-state index in [-0.39, 0.29) is 0 Å². The molecule has 0 radical (unpaired) electrons. The van der Waals surface area contributed by atoms with E-state index in [0.717, 1.165) is 60.6 Å². The van der Waals surface area contributed by atoms with Crippen LogP contribution in [0.5, 0.6) is 0 Å². The molecule has 0 aliphatic heterocycles. The Balaban J connectivity index is 1.20. The zero-order valence-corrected chi connectivity index (χ0v) is 24.7. The number of hydrogen-bond donors (Lipinski definition) is 0. The number of aromatic nitrogens is 4. The molecule has 5 heteroatoms. The van der Waals surface area contributed by atoms with Crippen LogP contribution in [0.2, 0.25) is 0 Å². The molecular weight excluding hydrogens is 562 g/mol. The standard InChI is InChI=1S/C41H25N5/c42-26-27-12-14-28(15-13-27)34-21-22-35(37-11-5-4-10-36(34)37)29-16-18-31(19-17-29)40-44-39(30-7-2-1-3-8-30)45-41(46-40)33-20-23-38-32(25-33)9-6-24-43-38/h1-25H. The highest BCUT2D eigenvalue weighted by Gasteiger charge is 2.14. The molecule has 0 atom stereocenters. The minimum atomic E-state index is 0.614. The average Bonchev–Trinajstić information content (AvgIpc) is 3.14. The predicted octanol–water partition coefficient (Wildman–Crippen LogP) is 9.78. The summed E-state index contributed by atoms with van der Waals surface area (Å²) in [5, 5.41) is 12.6. The fourth-order valence-electron chi connectivity index (χ4n) is 5.89. The van der Waals surface area contributed by atoms with Gasteiger partial charge in [0, 0.05) is 28.3 Å². The van der Waals surface area contributed by atoms with Crippen molar-refractivity contribution < 1.29 is 0 Å². The van der Waals surface area contributed by atoms with Crippen molar-refractivity contribution in [3.05, 3.63) is 157 Å². The van der Waals surface area contributed by atoms with Gasteiger partial charge in [-0.05, 0) is 69.4 Å². The van der Waals surface area contributed by atoms with Gasteiger partial charge in [0.2, 0.25) is 0 Å². The van der Waals surface area contributed by atoms with Gasteiger partial charge in [0.25, 0.3) is 0 Å². The molecule has 0 fully saturated rings. The van der Waals surface area contributed by atoms with E-state index in [1.54, 1.807) is 6.20 Å². The average molecular weight is 588 g/mol. The van der Waals surface area contributed by atoms with Gasteiger partial charge in [-0.1, -0.05) is 109 Å². The van der Waals surface area contributed by atoms with Crippen molar-refractivity contribution >= 4 is 21.7 Å². The number of benzene rings is 6. The SMILES string of the molecule is N#Cc1ccc(-c2ccc(-c3ccc(-c4nc(-c5ccccc5)nc(-c5ccc6ncccc6c5)n4)cc3)c3ccccc23)cc1. The Morgan fingerprint density at radius 2 is 0.957 bits per heavy atom.